The smallest absolute Gasteiger partial charge is 0.338 e. The van der Waals surface area contributed by atoms with Crippen molar-refractivity contribution in [2.24, 2.45) is 0 Å². The van der Waals surface area contributed by atoms with Gasteiger partial charge in [0.05, 0.1) is 22.5 Å². The number of aliphatic hydroxyl groups is 1. The first-order valence-corrected chi connectivity index (χ1v) is 5.70. The molecule has 5 N–H and O–H groups in total. The third kappa shape index (κ3) is 2.38. The first kappa shape index (κ1) is 12.6. The van der Waals surface area contributed by atoms with Gasteiger partial charge in [-0.3, -0.25) is 0 Å². The number of nitrogen functional groups attached to an aromatic ring is 1. The lowest BCUT2D eigenvalue weighted by Crippen LogP contribution is -2.43. The van der Waals surface area contributed by atoms with Gasteiger partial charge in [0.25, 0.3) is 0 Å². The normalized spacial score (nSPS) is 17.0. The Morgan fingerprint density at radius 2 is 2.17 bits per heavy atom. The van der Waals surface area contributed by atoms with Gasteiger partial charge in [0.2, 0.25) is 0 Å². The monoisotopic (exact) mass is 254 g/mol. The molecular weight excluding hydrogens is 239 g/mol. The van der Waals surface area contributed by atoms with Gasteiger partial charge in [-0.05, 0) is 31.4 Å². The van der Waals surface area contributed by atoms with Gasteiger partial charge in [-0.15, -0.1) is 0 Å². The number of nitrogens with two attached hydrogens (primary N) is 1. The summed E-state index contributed by atoms with van der Waals surface area (Å²) in [6.07, 6.45) is 2.38. The molecule has 1 aromatic carbocycles. The fraction of sp³-hybridized carbons (Fsp3) is 0.417. The van der Waals surface area contributed by atoms with Crippen molar-refractivity contribution >= 4 is 17.3 Å². The number of carboxylic acids is 1. The lowest BCUT2D eigenvalue weighted by Gasteiger charge is -2.37. The molecule has 0 atom stereocenters. The Morgan fingerprint density at radius 1 is 1.50 bits per heavy atom. The van der Waals surface area contributed by atoms with E-state index in [0.717, 1.165) is 18.6 Å². The molecular formula is C12H15FN2O3. The topological polar surface area (TPSA) is 95.6 Å². The van der Waals surface area contributed by atoms with Crippen molar-refractivity contribution < 1.29 is 19.4 Å². The Balaban J connectivity index is 2.13. The molecule has 0 aliphatic heterocycles. The van der Waals surface area contributed by atoms with Gasteiger partial charge in [0.15, 0.2) is 0 Å². The van der Waals surface area contributed by atoms with Crippen LogP contribution < -0.4 is 11.1 Å². The molecule has 2 rings (SSSR count). The van der Waals surface area contributed by atoms with E-state index in [-0.39, 0.29) is 12.2 Å². The summed E-state index contributed by atoms with van der Waals surface area (Å²) < 4.78 is 13.5. The van der Waals surface area contributed by atoms with E-state index in [1.165, 1.54) is 0 Å². The van der Waals surface area contributed by atoms with Crippen LogP contribution >= 0.6 is 0 Å². The van der Waals surface area contributed by atoms with Gasteiger partial charge in [-0.2, -0.15) is 0 Å². The van der Waals surface area contributed by atoms with E-state index in [0.29, 0.717) is 18.5 Å². The van der Waals surface area contributed by atoms with E-state index >= 15 is 0 Å². The summed E-state index contributed by atoms with van der Waals surface area (Å²) in [5.74, 6) is -2.21. The average Bonchev–Trinajstić information content (AvgIpc) is 2.27. The number of halogens is 1. The minimum Gasteiger partial charge on any atom is -0.478 e. The van der Waals surface area contributed by atoms with Gasteiger partial charge in [-0.1, -0.05) is 0 Å². The van der Waals surface area contributed by atoms with Gasteiger partial charge in [0, 0.05) is 6.54 Å². The number of anilines is 2. The minimum atomic E-state index is -1.36. The molecule has 0 heterocycles. The number of aromatic carboxylic acids is 1. The number of hydrogen-bond acceptors (Lipinski definition) is 4. The van der Waals surface area contributed by atoms with E-state index in [9.17, 15) is 14.3 Å². The Bertz CT molecular complexity index is 486. The van der Waals surface area contributed by atoms with Crippen LogP contribution in [0.3, 0.4) is 0 Å². The lowest BCUT2D eigenvalue weighted by molar-refractivity contribution is -0.0201. The lowest BCUT2D eigenvalue weighted by atomic mass is 9.80. The number of carboxylic acid groups (broad SMARTS) is 1. The van der Waals surface area contributed by atoms with Gasteiger partial charge in [-0.25, -0.2) is 9.18 Å². The van der Waals surface area contributed by atoms with Crippen LogP contribution in [0.4, 0.5) is 15.8 Å². The zero-order chi connectivity index (χ0) is 13.3. The fourth-order valence-corrected chi connectivity index (χ4v) is 1.93. The van der Waals surface area contributed by atoms with Gasteiger partial charge >= 0.3 is 5.97 Å². The SMILES string of the molecule is Nc1cc(C(=O)O)c(F)cc1NCC1(O)CCC1. The fourth-order valence-electron chi connectivity index (χ4n) is 1.93. The summed E-state index contributed by atoms with van der Waals surface area (Å²) in [5, 5.41) is 21.5. The summed E-state index contributed by atoms with van der Waals surface area (Å²) in [6.45, 7) is 0.281. The van der Waals surface area contributed by atoms with Crippen LogP contribution in [-0.2, 0) is 0 Å². The molecule has 0 bridgehead atoms. The zero-order valence-electron chi connectivity index (χ0n) is 9.74. The third-order valence-corrected chi connectivity index (χ3v) is 3.26. The molecule has 0 saturated heterocycles. The highest BCUT2D eigenvalue weighted by Gasteiger charge is 2.34. The molecule has 1 aliphatic rings. The van der Waals surface area contributed by atoms with E-state index in [1.807, 2.05) is 0 Å². The molecule has 0 spiro atoms. The summed E-state index contributed by atoms with van der Waals surface area (Å²) in [7, 11) is 0. The zero-order valence-corrected chi connectivity index (χ0v) is 9.74. The molecule has 0 unspecified atom stereocenters. The van der Waals surface area contributed by atoms with Crippen molar-refractivity contribution in [1.82, 2.24) is 0 Å². The molecule has 5 nitrogen and oxygen atoms in total. The Labute approximate surface area is 103 Å². The maximum atomic E-state index is 13.5. The molecule has 0 aromatic heterocycles. The van der Waals surface area contributed by atoms with E-state index < -0.39 is 23.0 Å². The van der Waals surface area contributed by atoms with Crippen molar-refractivity contribution in [2.75, 3.05) is 17.6 Å². The Morgan fingerprint density at radius 3 is 2.67 bits per heavy atom. The van der Waals surface area contributed by atoms with Crippen LogP contribution in [-0.4, -0.2) is 28.3 Å². The highest BCUT2D eigenvalue weighted by molar-refractivity contribution is 5.90. The van der Waals surface area contributed by atoms with Crippen molar-refractivity contribution in [3.63, 3.8) is 0 Å². The number of rotatable bonds is 4. The van der Waals surface area contributed by atoms with E-state index in [2.05, 4.69) is 5.32 Å². The van der Waals surface area contributed by atoms with Crippen molar-refractivity contribution in [2.45, 2.75) is 24.9 Å². The van der Waals surface area contributed by atoms with E-state index in [1.54, 1.807) is 0 Å². The number of carbonyl (C=O) groups is 1. The largest absolute Gasteiger partial charge is 0.478 e. The molecule has 1 aliphatic carbocycles. The van der Waals surface area contributed by atoms with Crippen LogP contribution in [0.5, 0.6) is 0 Å². The predicted octanol–water partition coefficient (Wildman–Crippen LogP) is 1.43. The summed E-state index contributed by atoms with van der Waals surface area (Å²) in [6, 6.07) is 2.12. The van der Waals surface area contributed by atoms with Crippen LogP contribution in [0, 0.1) is 5.82 Å². The van der Waals surface area contributed by atoms with Crippen LogP contribution in [0.2, 0.25) is 0 Å². The molecule has 6 heteroatoms. The molecule has 0 radical (unpaired) electrons. The predicted molar refractivity (Wildman–Crippen MR) is 65.1 cm³/mol. The number of benzene rings is 1. The highest BCUT2D eigenvalue weighted by Crippen LogP contribution is 2.32. The summed E-state index contributed by atoms with van der Waals surface area (Å²) >= 11 is 0. The second kappa shape index (κ2) is 4.45. The molecule has 1 aromatic rings. The summed E-state index contributed by atoms with van der Waals surface area (Å²) in [5.41, 5.74) is 4.88. The summed E-state index contributed by atoms with van der Waals surface area (Å²) in [4.78, 5) is 10.7. The standard InChI is InChI=1S/C12H15FN2O3/c13-8-5-10(9(14)4-7(8)11(16)17)15-6-12(18)2-1-3-12/h4-5,15,18H,1-3,6,14H2,(H,16,17). The van der Waals surface area contributed by atoms with Crippen molar-refractivity contribution in [1.29, 1.82) is 0 Å². The molecule has 1 fully saturated rings. The number of nitrogens with one attached hydrogen (secondary N) is 1. The van der Waals surface area contributed by atoms with Crippen LogP contribution in [0.1, 0.15) is 29.6 Å². The quantitative estimate of drug-likeness (QED) is 0.610. The molecule has 0 amide bonds. The second-order valence-corrected chi connectivity index (χ2v) is 4.66. The maximum Gasteiger partial charge on any atom is 0.338 e. The second-order valence-electron chi connectivity index (χ2n) is 4.66. The van der Waals surface area contributed by atoms with Gasteiger partial charge < -0.3 is 21.3 Å². The van der Waals surface area contributed by atoms with Gasteiger partial charge in [0.1, 0.15) is 5.82 Å². The third-order valence-electron chi connectivity index (χ3n) is 3.26. The molecule has 18 heavy (non-hydrogen) atoms. The first-order chi connectivity index (χ1) is 8.41. The number of hydrogen-bond donors (Lipinski definition) is 4. The van der Waals surface area contributed by atoms with E-state index in [4.69, 9.17) is 10.8 Å². The van der Waals surface area contributed by atoms with Crippen LogP contribution in [0.15, 0.2) is 12.1 Å². The van der Waals surface area contributed by atoms with Crippen molar-refractivity contribution in [3.05, 3.63) is 23.5 Å². The molecule has 1 saturated carbocycles. The highest BCUT2D eigenvalue weighted by atomic mass is 19.1. The molecule has 98 valence electrons. The van der Waals surface area contributed by atoms with Crippen LogP contribution in [0.25, 0.3) is 0 Å². The first-order valence-electron chi connectivity index (χ1n) is 5.70. The van der Waals surface area contributed by atoms with Crippen molar-refractivity contribution in [3.8, 4) is 0 Å². The minimum absolute atomic E-state index is 0.150. The Hall–Kier alpha value is -1.82. The average molecular weight is 254 g/mol. The Kier molecular flexibility index (Phi) is 3.13. The maximum absolute atomic E-state index is 13.5.